The first-order valence-corrected chi connectivity index (χ1v) is 7.76. The Morgan fingerprint density at radius 3 is 2.57 bits per heavy atom. The van der Waals surface area contributed by atoms with Gasteiger partial charge in [-0.2, -0.15) is 0 Å². The van der Waals surface area contributed by atoms with Gasteiger partial charge >= 0.3 is 0 Å². The van der Waals surface area contributed by atoms with Gasteiger partial charge in [-0.25, -0.2) is 0 Å². The van der Waals surface area contributed by atoms with E-state index in [9.17, 15) is 0 Å². The van der Waals surface area contributed by atoms with Crippen molar-refractivity contribution in [2.24, 2.45) is 0 Å². The second-order valence-corrected chi connectivity index (χ2v) is 6.04. The van der Waals surface area contributed by atoms with Crippen LogP contribution in [0.15, 0.2) is 48.5 Å². The zero-order valence-electron chi connectivity index (χ0n) is 12.8. The molecule has 0 saturated heterocycles. The van der Waals surface area contributed by atoms with Crippen LogP contribution in [0.3, 0.4) is 0 Å². The highest BCUT2D eigenvalue weighted by molar-refractivity contribution is 5.40. The van der Waals surface area contributed by atoms with E-state index >= 15 is 0 Å². The van der Waals surface area contributed by atoms with Crippen molar-refractivity contribution < 1.29 is 4.74 Å². The summed E-state index contributed by atoms with van der Waals surface area (Å²) in [6.45, 7) is 6.07. The molecule has 1 unspecified atom stereocenters. The van der Waals surface area contributed by atoms with Crippen LogP contribution in [0.4, 0.5) is 0 Å². The first-order valence-electron chi connectivity index (χ1n) is 7.76. The van der Waals surface area contributed by atoms with E-state index in [1.54, 1.807) is 0 Å². The zero-order chi connectivity index (χ0) is 14.7. The van der Waals surface area contributed by atoms with Crippen LogP contribution in [0.1, 0.15) is 36.5 Å². The minimum atomic E-state index is 0.229. The molecule has 0 spiro atoms. The lowest BCUT2D eigenvalue weighted by Crippen LogP contribution is -2.28. The van der Waals surface area contributed by atoms with Gasteiger partial charge in [-0.05, 0) is 49.1 Å². The lowest BCUT2D eigenvalue weighted by molar-refractivity contribution is 0.242. The quantitative estimate of drug-likeness (QED) is 0.867. The van der Waals surface area contributed by atoms with Crippen LogP contribution in [0.5, 0.6) is 5.75 Å². The summed E-state index contributed by atoms with van der Waals surface area (Å²) in [4.78, 5) is 0. The summed E-state index contributed by atoms with van der Waals surface area (Å²) in [5.74, 6) is 1.63. The summed E-state index contributed by atoms with van der Waals surface area (Å²) >= 11 is 0. The number of fused-ring (bicyclic) bond motifs is 1. The van der Waals surface area contributed by atoms with E-state index in [1.807, 2.05) is 13.8 Å². The highest BCUT2D eigenvalue weighted by Gasteiger charge is 2.24. The van der Waals surface area contributed by atoms with Crippen molar-refractivity contribution >= 4 is 0 Å². The molecule has 0 aromatic heterocycles. The molecule has 2 aromatic carbocycles. The lowest BCUT2D eigenvalue weighted by atomic mass is 9.77. The standard InChI is InChI=1S/C19H23NO/c1-14(2)21-18-9-7-15(8-10-18)12-20-13-17-11-16-5-3-4-6-19(16)17/h3-10,14,17,20H,11-13H2,1-2H3. The van der Waals surface area contributed by atoms with Crippen molar-refractivity contribution in [1.29, 1.82) is 0 Å². The molecule has 110 valence electrons. The fourth-order valence-corrected chi connectivity index (χ4v) is 2.89. The molecule has 2 nitrogen and oxygen atoms in total. The van der Waals surface area contributed by atoms with Crippen LogP contribution in [0, 0.1) is 0 Å². The van der Waals surface area contributed by atoms with Crippen molar-refractivity contribution in [3.63, 3.8) is 0 Å². The van der Waals surface area contributed by atoms with Gasteiger partial charge in [-0.3, -0.25) is 0 Å². The van der Waals surface area contributed by atoms with Crippen molar-refractivity contribution in [2.45, 2.75) is 38.8 Å². The fourth-order valence-electron chi connectivity index (χ4n) is 2.89. The highest BCUT2D eigenvalue weighted by Crippen LogP contribution is 2.34. The minimum Gasteiger partial charge on any atom is -0.491 e. The van der Waals surface area contributed by atoms with Crippen molar-refractivity contribution in [3.8, 4) is 5.75 Å². The SMILES string of the molecule is CC(C)Oc1ccc(CNCC2Cc3ccccc32)cc1. The van der Waals surface area contributed by atoms with Crippen LogP contribution in [0.2, 0.25) is 0 Å². The van der Waals surface area contributed by atoms with Gasteiger partial charge in [0.25, 0.3) is 0 Å². The Hall–Kier alpha value is -1.80. The lowest BCUT2D eigenvalue weighted by Gasteiger charge is -2.30. The average molecular weight is 281 g/mol. The van der Waals surface area contributed by atoms with E-state index in [1.165, 1.54) is 23.1 Å². The molecule has 0 bridgehead atoms. The van der Waals surface area contributed by atoms with Gasteiger partial charge in [-0.15, -0.1) is 0 Å². The van der Waals surface area contributed by atoms with E-state index in [0.29, 0.717) is 5.92 Å². The average Bonchev–Trinajstić information content (AvgIpc) is 2.45. The molecule has 2 aromatic rings. The number of benzene rings is 2. The zero-order valence-corrected chi connectivity index (χ0v) is 12.8. The molecule has 1 N–H and O–H groups in total. The van der Waals surface area contributed by atoms with Gasteiger partial charge in [0.1, 0.15) is 5.75 Å². The van der Waals surface area contributed by atoms with Crippen LogP contribution in [-0.2, 0) is 13.0 Å². The molecule has 2 heteroatoms. The normalized spacial score (nSPS) is 16.4. The first-order chi connectivity index (χ1) is 10.2. The Balaban J connectivity index is 1.46. The largest absolute Gasteiger partial charge is 0.491 e. The summed E-state index contributed by atoms with van der Waals surface area (Å²) < 4.78 is 5.66. The highest BCUT2D eigenvalue weighted by atomic mass is 16.5. The molecule has 3 rings (SSSR count). The molecule has 0 saturated carbocycles. The molecule has 21 heavy (non-hydrogen) atoms. The summed E-state index contributed by atoms with van der Waals surface area (Å²) in [5, 5.41) is 3.56. The van der Waals surface area contributed by atoms with Crippen molar-refractivity contribution in [3.05, 3.63) is 65.2 Å². The maximum absolute atomic E-state index is 5.66. The minimum absolute atomic E-state index is 0.229. The maximum atomic E-state index is 5.66. The van der Waals surface area contributed by atoms with Crippen molar-refractivity contribution in [1.82, 2.24) is 5.32 Å². The Morgan fingerprint density at radius 2 is 1.86 bits per heavy atom. The third-order valence-electron chi connectivity index (χ3n) is 3.98. The van der Waals surface area contributed by atoms with E-state index < -0.39 is 0 Å². The third-order valence-corrected chi connectivity index (χ3v) is 3.98. The summed E-state index contributed by atoms with van der Waals surface area (Å²) in [6.07, 6.45) is 1.44. The molecular formula is C19H23NO. The van der Waals surface area contributed by atoms with Crippen molar-refractivity contribution in [2.75, 3.05) is 6.54 Å². The Bertz CT molecular complexity index is 589. The molecular weight excluding hydrogens is 258 g/mol. The van der Waals surface area contributed by atoms with E-state index in [4.69, 9.17) is 4.74 Å². The van der Waals surface area contributed by atoms with Crippen LogP contribution < -0.4 is 10.1 Å². The fraction of sp³-hybridized carbons (Fsp3) is 0.368. The predicted octanol–water partition coefficient (Wildman–Crippen LogP) is 3.90. The first kappa shape index (κ1) is 14.2. The van der Waals surface area contributed by atoms with Gasteiger partial charge in [-0.1, -0.05) is 36.4 Å². The summed E-state index contributed by atoms with van der Waals surface area (Å²) in [6, 6.07) is 17.1. The predicted molar refractivity (Wildman–Crippen MR) is 86.8 cm³/mol. The monoisotopic (exact) mass is 281 g/mol. The van der Waals surface area contributed by atoms with Gasteiger partial charge < -0.3 is 10.1 Å². The number of ether oxygens (including phenoxy) is 1. The molecule has 0 aliphatic heterocycles. The van der Waals surface area contributed by atoms with Gasteiger partial charge in [0.05, 0.1) is 6.10 Å². The topological polar surface area (TPSA) is 21.3 Å². The Labute approximate surface area is 127 Å². The Kier molecular flexibility index (Phi) is 4.26. The van der Waals surface area contributed by atoms with Crippen LogP contribution in [0.25, 0.3) is 0 Å². The molecule has 0 radical (unpaired) electrons. The molecule has 1 aliphatic carbocycles. The maximum Gasteiger partial charge on any atom is 0.119 e. The summed E-state index contributed by atoms with van der Waals surface area (Å²) in [5.41, 5.74) is 4.34. The van der Waals surface area contributed by atoms with Gasteiger partial charge in [0.15, 0.2) is 0 Å². The molecule has 0 heterocycles. The molecule has 1 atom stereocenters. The van der Waals surface area contributed by atoms with E-state index in [-0.39, 0.29) is 6.10 Å². The molecule has 1 aliphatic rings. The number of hydrogen-bond donors (Lipinski definition) is 1. The van der Waals surface area contributed by atoms with Gasteiger partial charge in [0, 0.05) is 19.0 Å². The molecule has 0 fully saturated rings. The number of rotatable bonds is 6. The smallest absolute Gasteiger partial charge is 0.119 e. The second kappa shape index (κ2) is 6.31. The Morgan fingerprint density at radius 1 is 1.10 bits per heavy atom. The van der Waals surface area contributed by atoms with Crippen LogP contribution in [-0.4, -0.2) is 12.6 Å². The van der Waals surface area contributed by atoms with E-state index in [0.717, 1.165) is 18.8 Å². The molecule has 0 amide bonds. The summed E-state index contributed by atoms with van der Waals surface area (Å²) in [7, 11) is 0. The third kappa shape index (κ3) is 3.45. The second-order valence-electron chi connectivity index (χ2n) is 6.04. The number of hydrogen-bond acceptors (Lipinski definition) is 2. The van der Waals surface area contributed by atoms with Crippen LogP contribution >= 0.6 is 0 Å². The van der Waals surface area contributed by atoms with E-state index in [2.05, 4.69) is 53.8 Å². The van der Waals surface area contributed by atoms with Gasteiger partial charge in [0.2, 0.25) is 0 Å². The number of nitrogens with one attached hydrogen (secondary N) is 1.